The lowest BCUT2D eigenvalue weighted by Crippen LogP contribution is -2.83. The molecule has 0 aromatic rings. The molecule has 0 aliphatic heterocycles. The van der Waals surface area contributed by atoms with Gasteiger partial charge in [0.1, 0.15) is 0 Å². The van der Waals surface area contributed by atoms with E-state index in [1.165, 1.54) is 101 Å². The summed E-state index contributed by atoms with van der Waals surface area (Å²) in [6.45, 7) is 3.69. The van der Waals surface area contributed by atoms with Crippen LogP contribution in [0.1, 0.15) is 129 Å². The van der Waals surface area contributed by atoms with Gasteiger partial charge in [-0.25, -0.2) is 9.59 Å². The molecule has 0 aliphatic carbocycles. The molecule has 0 rings (SSSR count). The Balaban J connectivity index is -0.000000543. The molecule has 0 atom stereocenters. The standard InChI is InChI=1S/2C13H25NO2.C4H6O4/c2*1-2-3-4-5-6-7-8-9-10-11-14-13(16)12-15;5-3(6)1-2-4(7)8/h2*10-11,15H,2-9,12H2,1H3,(H,14,16);1-2H2,(H,5,6)(H,7,8). The molecule has 0 fully saturated rings. The lowest BCUT2D eigenvalue weighted by molar-refractivity contribution is -0.501. The average molecular weight is 573 g/mol. The zero-order valence-corrected chi connectivity index (χ0v) is 25.0. The minimum atomic E-state index is -1.37. The first-order valence-corrected chi connectivity index (χ1v) is 14.9. The molecular formula is C30H56N2O8. The monoisotopic (exact) mass is 572 g/mol. The van der Waals surface area contributed by atoms with Crippen molar-refractivity contribution < 1.29 is 50.2 Å². The second kappa shape index (κ2) is 36.6. The highest BCUT2D eigenvalue weighted by atomic mass is 16.4. The third-order valence-electron chi connectivity index (χ3n) is 5.63. The highest BCUT2D eigenvalue weighted by Crippen LogP contribution is 2.09. The van der Waals surface area contributed by atoms with Crippen molar-refractivity contribution in [2.45, 2.75) is 129 Å². The van der Waals surface area contributed by atoms with Crippen LogP contribution in [0.3, 0.4) is 0 Å². The van der Waals surface area contributed by atoms with Gasteiger partial charge in [-0.3, -0.25) is 10.6 Å². The Hall–Kier alpha value is -2.40. The number of primary amides is 2. The van der Waals surface area contributed by atoms with Crippen molar-refractivity contribution in [1.29, 1.82) is 0 Å². The van der Waals surface area contributed by atoms with E-state index >= 15 is 0 Å². The van der Waals surface area contributed by atoms with Gasteiger partial charge in [-0.1, -0.05) is 90.9 Å². The number of hydrogen-bond acceptors (Lipinski definition) is 8. The minimum Gasteiger partial charge on any atom is -0.550 e. The number of nitrogens with two attached hydrogens (primary N) is 2. The maximum atomic E-state index is 10.7. The molecule has 40 heavy (non-hydrogen) atoms. The Labute approximate surface area is 241 Å². The van der Waals surface area contributed by atoms with Gasteiger partial charge in [0.15, 0.2) is 13.2 Å². The fraction of sp³-hybridized carbons (Fsp3) is 0.733. The van der Waals surface area contributed by atoms with Crippen LogP contribution in [0.5, 0.6) is 0 Å². The molecule has 0 aromatic carbocycles. The van der Waals surface area contributed by atoms with Gasteiger partial charge in [0.05, 0.1) is 12.4 Å². The highest BCUT2D eigenvalue weighted by Gasteiger charge is 1.98. The molecule has 6 N–H and O–H groups in total. The fourth-order valence-corrected chi connectivity index (χ4v) is 3.29. The quantitative estimate of drug-likeness (QED) is 0.129. The molecule has 0 saturated carbocycles. The first-order chi connectivity index (χ1) is 19.2. The molecule has 0 radical (unpaired) electrons. The number of unbranched alkanes of at least 4 members (excludes halogenated alkanes) is 14. The first kappa shape index (κ1) is 42.1. The number of aliphatic carboxylic acids is 2. The lowest BCUT2D eigenvalue weighted by atomic mass is 10.1. The Morgan fingerprint density at radius 1 is 0.550 bits per heavy atom. The van der Waals surface area contributed by atoms with Crippen molar-refractivity contribution in [3.63, 3.8) is 0 Å². The molecule has 0 spiro atoms. The molecular weight excluding hydrogens is 516 g/mol. The highest BCUT2D eigenvalue weighted by molar-refractivity contribution is 5.72. The van der Waals surface area contributed by atoms with E-state index < -0.39 is 24.8 Å². The Morgan fingerprint density at radius 2 is 0.850 bits per heavy atom. The molecule has 234 valence electrons. The number of aliphatic hydroxyl groups is 2. The predicted octanol–water partition coefficient (Wildman–Crippen LogP) is 0.713. The van der Waals surface area contributed by atoms with Crippen molar-refractivity contribution in [3.05, 3.63) is 24.6 Å². The molecule has 0 heterocycles. The van der Waals surface area contributed by atoms with Gasteiger partial charge in [0, 0.05) is 11.9 Å². The average Bonchev–Trinajstić information content (AvgIpc) is 2.94. The summed E-state index contributed by atoms with van der Waals surface area (Å²) < 4.78 is 0. The van der Waals surface area contributed by atoms with Crippen LogP contribution in [0.2, 0.25) is 0 Å². The van der Waals surface area contributed by atoms with E-state index in [-0.39, 0.29) is 25.0 Å². The van der Waals surface area contributed by atoms with E-state index in [4.69, 9.17) is 10.2 Å². The number of carbonyl (C=O) groups is 4. The maximum Gasteiger partial charge on any atom is 0.340 e. The van der Waals surface area contributed by atoms with Crippen molar-refractivity contribution >= 4 is 23.8 Å². The lowest BCUT2D eigenvalue weighted by Gasteiger charge is -2.00. The van der Waals surface area contributed by atoms with E-state index in [0.29, 0.717) is 0 Å². The summed E-state index contributed by atoms with van der Waals surface area (Å²) >= 11 is 0. The molecule has 0 aromatic heterocycles. The van der Waals surface area contributed by atoms with Gasteiger partial charge in [-0.2, -0.15) is 0 Å². The minimum absolute atomic E-state index is 0.226. The molecule has 0 saturated heterocycles. The van der Waals surface area contributed by atoms with Crippen LogP contribution in [-0.2, 0) is 19.2 Å². The molecule has 2 amide bonds. The van der Waals surface area contributed by atoms with Crippen molar-refractivity contribution in [3.8, 4) is 0 Å². The molecule has 10 heteroatoms. The summed E-state index contributed by atoms with van der Waals surface area (Å²) in [4.78, 5) is 40.4. The number of amides is 2. The van der Waals surface area contributed by atoms with Crippen LogP contribution in [-0.4, -0.2) is 47.2 Å². The predicted molar refractivity (Wildman–Crippen MR) is 151 cm³/mol. The van der Waals surface area contributed by atoms with E-state index in [1.54, 1.807) is 12.4 Å². The van der Waals surface area contributed by atoms with Crippen LogP contribution in [0.4, 0.5) is 0 Å². The third-order valence-corrected chi connectivity index (χ3v) is 5.63. The van der Waals surface area contributed by atoms with E-state index in [1.807, 2.05) is 12.2 Å². The topological polar surface area (TPSA) is 188 Å². The Kier molecular flexibility index (Phi) is 38.5. The number of rotatable bonds is 23. The van der Waals surface area contributed by atoms with Gasteiger partial charge >= 0.3 is 11.8 Å². The van der Waals surface area contributed by atoms with Gasteiger partial charge in [-0.15, -0.1) is 0 Å². The number of hydrogen-bond donors (Lipinski definition) is 4. The number of allylic oxidation sites excluding steroid dienone is 2. The Bertz CT molecular complexity index is 610. The second-order valence-corrected chi connectivity index (χ2v) is 9.50. The summed E-state index contributed by atoms with van der Waals surface area (Å²) in [5.74, 6) is -3.19. The van der Waals surface area contributed by atoms with Crippen molar-refractivity contribution in [1.82, 2.24) is 0 Å². The van der Waals surface area contributed by atoms with Crippen LogP contribution >= 0.6 is 0 Å². The number of quaternary nitrogens is 2. The van der Waals surface area contributed by atoms with Gasteiger partial charge < -0.3 is 30.0 Å². The van der Waals surface area contributed by atoms with Gasteiger partial charge in [-0.05, 0) is 50.7 Å². The third kappa shape index (κ3) is 45.5. The molecule has 0 aliphatic rings. The van der Waals surface area contributed by atoms with E-state index in [9.17, 15) is 29.4 Å². The number of carboxylic acids is 2. The number of aliphatic hydroxyl groups excluding tert-OH is 2. The summed E-state index contributed by atoms with van der Waals surface area (Å²) in [6, 6.07) is 0. The van der Waals surface area contributed by atoms with Crippen LogP contribution in [0, 0.1) is 0 Å². The fourth-order valence-electron chi connectivity index (χ4n) is 3.29. The zero-order chi connectivity index (χ0) is 30.7. The largest absolute Gasteiger partial charge is 0.550 e. The summed E-state index contributed by atoms with van der Waals surface area (Å²) in [5, 5.41) is 38.8. The number of carbonyl (C=O) groups excluding carboxylic acids is 4. The van der Waals surface area contributed by atoms with Crippen molar-refractivity contribution in [2.75, 3.05) is 13.2 Å². The maximum absolute atomic E-state index is 10.7. The van der Waals surface area contributed by atoms with Crippen LogP contribution < -0.4 is 20.8 Å². The van der Waals surface area contributed by atoms with Gasteiger partial charge in [0.25, 0.3) is 0 Å². The molecule has 0 bridgehead atoms. The van der Waals surface area contributed by atoms with Crippen LogP contribution in [0.25, 0.3) is 0 Å². The SMILES string of the molecule is CCCCCCCCCC=C[NH2+]C(=O)CO.CCCCCCCCCC=C[NH2+]C(=O)CO.O=C([O-])CCC(=O)[O-]. The van der Waals surface area contributed by atoms with Gasteiger partial charge in [0.2, 0.25) is 0 Å². The van der Waals surface area contributed by atoms with Crippen molar-refractivity contribution in [2.24, 2.45) is 0 Å². The van der Waals surface area contributed by atoms with E-state index in [0.717, 1.165) is 12.8 Å². The summed E-state index contributed by atoms with van der Waals surface area (Å²) in [5.41, 5.74) is 0. The van der Waals surface area contributed by atoms with E-state index in [2.05, 4.69) is 13.8 Å². The number of carboxylic acid groups (broad SMARTS) is 2. The first-order valence-electron chi connectivity index (χ1n) is 14.9. The summed E-state index contributed by atoms with van der Waals surface area (Å²) in [6.07, 6.45) is 27.0. The normalized spacial score (nSPS) is 10.6. The molecule has 0 unspecified atom stereocenters. The smallest absolute Gasteiger partial charge is 0.340 e. The van der Waals surface area contributed by atoms with Crippen LogP contribution in [0.15, 0.2) is 24.6 Å². The second-order valence-electron chi connectivity index (χ2n) is 9.50. The zero-order valence-electron chi connectivity index (χ0n) is 25.0. The Morgan fingerprint density at radius 3 is 1.12 bits per heavy atom. The molecule has 10 nitrogen and oxygen atoms in total. The summed E-state index contributed by atoms with van der Waals surface area (Å²) in [7, 11) is 0.